The minimum absolute atomic E-state index is 0.416. The summed E-state index contributed by atoms with van der Waals surface area (Å²) in [4.78, 5) is 33.9. The molecule has 22 heavy (non-hydrogen) atoms. The second-order valence-corrected chi connectivity index (χ2v) is 5.22. The van der Waals surface area contributed by atoms with Gasteiger partial charge < -0.3 is 21.1 Å². The Kier molecular flexibility index (Phi) is 4.98. The SMILES string of the molecule is CC(NC(N)=O)C(=O)OCC(=O)Nc1ccc2c(c1)CCC2. The number of nitrogens with two attached hydrogens (primary N) is 1. The maximum atomic E-state index is 11.8. The van der Waals surface area contributed by atoms with Crippen molar-refractivity contribution in [3.63, 3.8) is 0 Å². The molecule has 0 bridgehead atoms. The first-order valence-corrected chi connectivity index (χ1v) is 7.10. The fourth-order valence-electron chi connectivity index (χ4n) is 2.38. The summed E-state index contributed by atoms with van der Waals surface area (Å²) >= 11 is 0. The van der Waals surface area contributed by atoms with Crippen LogP contribution < -0.4 is 16.4 Å². The summed E-state index contributed by atoms with van der Waals surface area (Å²) in [6.45, 7) is 1.01. The molecule has 4 N–H and O–H groups in total. The summed E-state index contributed by atoms with van der Waals surface area (Å²) in [5.74, 6) is -1.15. The summed E-state index contributed by atoms with van der Waals surface area (Å²) in [5.41, 5.74) is 8.14. The Balaban J connectivity index is 1.80. The fourth-order valence-corrected chi connectivity index (χ4v) is 2.38. The van der Waals surface area contributed by atoms with E-state index in [1.165, 1.54) is 18.1 Å². The number of benzene rings is 1. The van der Waals surface area contributed by atoms with E-state index in [-0.39, 0.29) is 0 Å². The van der Waals surface area contributed by atoms with E-state index in [4.69, 9.17) is 10.5 Å². The second-order valence-electron chi connectivity index (χ2n) is 5.22. The number of carbonyl (C=O) groups is 3. The number of urea groups is 1. The first kappa shape index (κ1) is 15.8. The number of hydrogen-bond donors (Lipinski definition) is 3. The molecular formula is C15H19N3O4. The van der Waals surface area contributed by atoms with Gasteiger partial charge in [-0.15, -0.1) is 0 Å². The minimum atomic E-state index is -0.898. The van der Waals surface area contributed by atoms with Gasteiger partial charge in [0.1, 0.15) is 6.04 Å². The van der Waals surface area contributed by atoms with Crippen molar-refractivity contribution in [2.45, 2.75) is 32.2 Å². The average molecular weight is 305 g/mol. The molecule has 1 atom stereocenters. The predicted octanol–water partition coefficient (Wildman–Crippen LogP) is 0.714. The molecule has 0 aliphatic heterocycles. The van der Waals surface area contributed by atoms with Crippen LogP contribution in [0.1, 0.15) is 24.5 Å². The van der Waals surface area contributed by atoms with Crippen LogP contribution in [-0.2, 0) is 27.2 Å². The highest BCUT2D eigenvalue weighted by atomic mass is 16.5. The molecule has 1 unspecified atom stereocenters. The molecule has 1 aliphatic rings. The molecular weight excluding hydrogens is 286 g/mol. The first-order chi connectivity index (χ1) is 10.5. The van der Waals surface area contributed by atoms with Crippen LogP contribution in [0.15, 0.2) is 18.2 Å². The third-order valence-electron chi connectivity index (χ3n) is 3.44. The number of primary amides is 1. The number of amides is 3. The number of fused-ring (bicyclic) bond motifs is 1. The van der Waals surface area contributed by atoms with Crippen molar-refractivity contribution in [1.29, 1.82) is 0 Å². The zero-order valence-electron chi connectivity index (χ0n) is 12.3. The lowest BCUT2D eigenvalue weighted by Gasteiger charge is -2.12. The molecule has 0 heterocycles. The number of esters is 1. The number of nitrogens with one attached hydrogen (secondary N) is 2. The van der Waals surface area contributed by atoms with Gasteiger partial charge in [0.05, 0.1) is 0 Å². The van der Waals surface area contributed by atoms with E-state index in [0.29, 0.717) is 5.69 Å². The van der Waals surface area contributed by atoms with E-state index < -0.39 is 30.6 Å². The van der Waals surface area contributed by atoms with Gasteiger partial charge in [-0.05, 0) is 49.4 Å². The molecule has 0 radical (unpaired) electrons. The molecule has 1 aromatic rings. The third-order valence-corrected chi connectivity index (χ3v) is 3.44. The summed E-state index contributed by atoms with van der Waals surface area (Å²) in [5, 5.41) is 4.86. The van der Waals surface area contributed by atoms with Gasteiger partial charge in [0, 0.05) is 5.69 Å². The molecule has 7 nitrogen and oxygen atoms in total. The van der Waals surface area contributed by atoms with Crippen LogP contribution in [0.4, 0.5) is 10.5 Å². The third kappa shape index (κ3) is 4.21. The topological polar surface area (TPSA) is 111 Å². The van der Waals surface area contributed by atoms with E-state index in [2.05, 4.69) is 10.6 Å². The molecule has 0 spiro atoms. The Labute approximate surface area is 128 Å². The molecule has 3 amide bonds. The zero-order valence-corrected chi connectivity index (χ0v) is 12.3. The zero-order chi connectivity index (χ0) is 16.1. The molecule has 0 fully saturated rings. The number of hydrogen-bond acceptors (Lipinski definition) is 4. The van der Waals surface area contributed by atoms with Crippen LogP contribution in [0.5, 0.6) is 0 Å². The van der Waals surface area contributed by atoms with Crippen LogP contribution in [0.2, 0.25) is 0 Å². The monoisotopic (exact) mass is 305 g/mol. The highest BCUT2D eigenvalue weighted by Crippen LogP contribution is 2.24. The summed E-state index contributed by atoms with van der Waals surface area (Å²) in [6.07, 6.45) is 3.23. The van der Waals surface area contributed by atoms with E-state index in [0.717, 1.165) is 19.3 Å². The number of rotatable bonds is 5. The molecule has 0 saturated heterocycles. The molecule has 2 rings (SSSR count). The molecule has 1 aliphatic carbocycles. The predicted molar refractivity (Wildman–Crippen MR) is 80.2 cm³/mol. The van der Waals surface area contributed by atoms with Gasteiger partial charge in [0.15, 0.2) is 6.61 Å². The van der Waals surface area contributed by atoms with Crippen molar-refractivity contribution < 1.29 is 19.1 Å². The van der Waals surface area contributed by atoms with E-state index in [1.54, 1.807) is 0 Å². The van der Waals surface area contributed by atoms with E-state index in [9.17, 15) is 14.4 Å². The van der Waals surface area contributed by atoms with Gasteiger partial charge in [0.2, 0.25) is 0 Å². The van der Waals surface area contributed by atoms with Crippen molar-refractivity contribution in [3.05, 3.63) is 29.3 Å². The Morgan fingerprint density at radius 2 is 2.00 bits per heavy atom. The van der Waals surface area contributed by atoms with Gasteiger partial charge in [-0.3, -0.25) is 4.79 Å². The van der Waals surface area contributed by atoms with Crippen LogP contribution in [0, 0.1) is 0 Å². The van der Waals surface area contributed by atoms with Crippen LogP contribution in [0.3, 0.4) is 0 Å². The molecule has 118 valence electrons. The summed E-state index contributed by atoms with van der Waals surface area (Å²) in [7, 11) is 0. The van der Waals surface area contributed by atoms with Crippen LogP contribution in [0.25, 0.3) is 0 Å². The lowest BCUT2D eigenvalue weighted by molar-refractivity contribution is -0.148. The van der Waals surface area contributed by atoms with Crippen molar-refractivity contribution in [2.24, 2.45) is 5.73 Å². The van der Waals surface area contributed by atoms with Crippen LogP contribution in [-0.4, -0.2) is 30.6 Å². The largest absolute Gasteiger partial charge is 0.454 e. The van der Waals surface area contributed by atoms with Gasteiger partial charge >= 0.3 is 12.0 Å². The van der Waals surface area contributed by atoms with Crippen LogP contribution >= 0.6 is 0 Å². The molecule has 1 aromatic carbocycles. The first-order valence-electron chi connectivity index (χ1n) is 7.10. The molecule has 0 aromatic heterocycles. The Hall–Kier alpha value is -2.57. The quantitative estimate of drug-likeness (QED) is 0.696. The fraction of sp³-hybridized carbons (Fsp3) is 0.400. The van der Waals surface area contributed by atoms with Crippen molar-refractivity contribution in [1.82, 2.24) is 5.32 Å². The highest BCUT2D eigenvalue weighted by molar-refractivity contribution is 5.93. The van der Waals surface area contributed by atoms with Gasteiger partial charge in [-0.2, -0.15) is 0 Å². The standard InChI is InChI=1S/C15H19N3O4/c1-9(17-15(16)21)14(20)22-8-13(19)18-12-6-5-10-3-2-4-11(10)7-12/h5-7,9H,2-4,8H2,1H3,(H,18,19)(H3,16,17,21). The minimum Gasteiger partial charge on any atom is -0.454 e. The summed E-state index contributed by atoms with van der Waals surface area (Å²) in [6, 6.07) is 4.06. The lowest BCUT2D eigenvalue weighted by Crippen LogP contribution is -2.43. The van der Waals surface area contributed by atoms with Gasteiger partial charge in [-0.1, -0.05) is 6.07 Å². The molecule has 7 heteroatoms. The maximum absolute atomic E-state index is 11.8. The Morgan fingerprint density at radius 1 is 1.27 bits per heavy atom. The Bertz CT molecular complexity index is 600. The maximum Gasteiger partial charge on any atom is 0.328 e. The number of anilines is 1. The summed E-state index contributed by atoms with van der Waals surface area (Å²) < 4.78 is 4.81. The van der Waals surface area contributed by atoms with Crippen molar-refractivity contribution in [2.75, 3.05) is 11.9 Å². The number of ether oxygens (including phenoxy) is 1. The number of aryl methyl sites for hydroxylation is 2. The second kappa shape index (κ2) is 6.93. The van der Waals surface area contributed by atoms with Gasteiger partial charge in [0.25, 0.3) is 5.91 Å². The van der Waals surface area contributed by atoms with E-state index in [1.807, 2.05) is 18.2 Å². The Morgan fingerprint density at radius 3 is 2.73 bits per heavy atom. The van der Waals surface area contributed by atoms with E-state index >= 15 is 0 Å². The van der Waals surface area contributed by atoms with Crippen molar-refractivity contribution in [3.8, 4) is 0 Å². The average Bonchev–Trinajstić information content (AvgIpc) is 2.91. The number of carbonyl (C=O) groups excluding carboxylic acids is 3. The van der Waals surface area contributed by atoms with Gasteiger partial charge in [-0.25, -0.2) is 9.59 Å². The van der Waals surface area contributed by atoms with Crippen molar-refractivity contribution >= 4 is 23.6 Å². The highest BCUT2D eigenvalue weighted by Gasteiger charge is 2.17. The smallest absolute Gasteiger partial charge is 0.328 e. The normalized spacial score (nSPS) is 13.9. The molecule has 0 saturated carbocycles. The lowest BCUT2D eigenvalue weighted by atomic mass is 10.1.